The lowest BCUT2D eigenvalue weighted by Crippen LogP contribution is -2.44. The minimum atomic E-state index is -0.0812. The van der Waals surface area contributed by atoms with Gasteiger partial charge in [0.15, 0.2) is 5.78 Å². The monoisotopic (exact) mass is 317 g/mol. The van der Waals surface area contributed by atoms with Gasteiger partial charge in [0, 0.05) is 22.8 Å². The number of carbonyl (C=O) groups excluding carboxylic acids is 1. The molecule has 2 aliphatic carbocycles. The van der Waals surface area contributed by atoms with Crippen LogP contribution in [0.1, 0.15) is 59.5 Å². The summed E-state index contributed by atoms with van der Waals surface area (Å²) < 4.78 is 0. The van der Waals surface area contributed by atoms with E-state index in [2.05, 4.69) is 23.5 Å². The van der Waals surface area contributed by atoms with Crippen molar-refractivity contribution in [3.05, 3.63) is 34.9 Å². The molecule has 1 unspecified atom stereocenters. The summed E-state index contributed by atoms with van der Waals surface area (Å²) in [5.41, 5.74) is 3.52. The number of ketones is 1. The van der Waals surface area contributed by atoms with E-state index in [9.17, 15) is 4.79 Å². The van der Waals surface area contributed by atoms with Crippen molar-refractivity contribution in [2.24, 2.45) is 11.3 Å². The lowest BCUT2D eigenvalue weighted by molar-refractivity contribution is 0.0685. The zero-order chi connectivity index (χ0) is 15.2. The molecule has 2 fully saturated rings. The van der Waals surface area contributed by atoms with Crippen LogP contribution >= 0.6 is 11.6 Å². The third-order valence-corrected chi connectivity index (χ3v) is 6.41. The van der Waals surface area contributed by atoms with E-state index in [1.807, 2.05) is 0 Å². The summed E-state index contributed by atoms with van der Waals surface area (Å²) in [5, 5.41) is 3.39. The molecule has 0 amide bonds. The maximum Gasteiger partial charge on any atom is 0.169 e. The molecule has 1 saturated carbocycles. The van der Waals surface area contributed by atoms with E-state index in [-0.39, 0.29) is 5.41 Å². The van der Waals surface area contributed by atoms with Crippen molar-refractivity contribution in [1.82, 2.24) is 5.32 Å². The standard InChI is InChI=1S/C19H24ClNO/c20-12-17(13-1-2-13)14-3-4-16-15(11-14)5-6-19(18(16)22)7-9-21-10-8-19/h3-4,11,13,17,21H,1-2,5-10,12H2. The number of hydrogen-bond acceptors (Lipinski definition) is 2. The summed E-state index contributed by atoms with van der Waals surface area (Å²) >= 11 is 6.19. The molecule has 4 rings (SSSR count). The van der Waals surface area contributed by atoms with Gasteiger partial charge < -0.3 is 5.32 Å². The van der Waals surface area contributed by atoms with Gasteiger partial charge in [-0.2, -0.15) is 0 Å². The lowest BCUT2D eigenvalue weighted by Gasteiger charge is -2.40. The van der Waals surface area contributed by atoms with E-state index >= 15 is 0 Å². The third-order valence-electron chi connectivity index (χ3n) is 6.07. The minimum Gasteiger partial charge on any atom is -0.317 e. The fourth-order valence-corrected chi connectivity index (χ4v) is 4.84. The number of benzene rings is 1. The first-order valence-electron chi connectivity index (χ1n) is 8.68. The number of hydrogen-bond donors (Lipinski definition) is 1. The van der Waals surface area contributed by atoms with Gasteiger partial charge >= 0.3 is 0 Å². The molecule has 118 valence electrons. The van der Waals surface area contributed by atoms with Gasteiger partial charge in [-0.25, -0.2) is 0 Å². The van der Waals surface area contributed by atoms with Gasteiger partial charge in [0.2, 0.25) is 0 Å². The minimum absolute atomic E-state index is 0.0812. The van der Waals surface area contributed by atoms with E-state index in [1.54, 1.807) is 0 Å². The van der Waals surface area contributed by atoms with Crippen LogP contribution in [-0.4, -0.2) is 24.8 Å². The summed E-state index contributed by atoms with van der Waals surface area (Å²) in [7, 11) is 0. The molecular formula is C19H24ClNO. The van der Waals surface area contributed by atoms with Gasteiger partial charge in [0.25, 0.3) is 0 Å². The van der Waals surface area contributed by atoms with Gasteiger partial charge in [-0.15, -0.1) is 11.6 Å². The Balaban J connectivity index is 1.64. The molecule has 3 heteroatoms. The Kier molecular flexibility index (Phi) is 3.78. The second kappa shape index (κ2) is 5.65. The Morgan fingerprint density at radius 1 is 1.23 bits per heavy atom. The zero-order valence-corrected chi connectivity index (χ0v) is 13.8. The molecule has 1 saturated heterocycles. The van der Waals surface area contributed by atoms with Crippen LogP contribution in [0.15, 0.2) is 18.2 Å². The van der Waals surface area contributed by atoms with E-state index in [0.29, 0.717) is 17.6 Å². The Hall–Kier alpha value is -0.860. The van der Waals surface area contributed by atoms with Crippen molar-refractivity contribution in [2.75, 3.05) is 19.0 Å². The number of Topliss-reactive ketones (excluding diaryl/α,β-unsaturated/α-hetero) is 1. The van der Waals surface area contributed by atoms with E-state index < -0.39 is 0 Å². The number of alkyl halides is 1. The predicted octanol–water partition coefficient (Wildman–Crippen LogP) is 3.92. The maximum atomic E-state index is 13.0. The van der Waals surface area contributed by atoms with E-state index in [4.69, 9.17) is 11.6 Å². The van der Waals surface area contributed by atoms with Crippen molar-refractivity contribution in [2.45, 2.75) is 44.4 Å². The Morgan fingerprint density at radius 3 is 2.68 bits per heavy atom. The molecule has 1 N–H and O–H groups in total. The number of aryl methyl sites for hydroxylation is 1. The molecule has 0 bridgehead atoms. The number of nitrogens with one attached hydrogen (secondary N) is 1. The molecule has 1 aromatic rings. The number of rotatable bonds is 3. The molecule has 0 aromatic heterocycles. The van der Waals surface area contributed by atoms with E-state index in [1.165, 1.54) is 24.0 Å². The lowest BCUT2D eigenvalue weighted by atomic mass is 9.65. The highest BCUT2D eigenvalue weighted by molar-refractivity contribution is 6.18. The molecule has 3 aliphatic rings. The highest BCUT2D eigenvalue weighted by Crippen LogP contribution is 2.46. The van der Waals surface area contributed by atoms with Crippen LogP contribution in [0.25, 0.3) is 0 Å². The SMILES string of the molecule is O=C1c2ccc(C(CCl)C3CC3)cc2CCC12CCNCC2. The topological polar surface area (TPSA) is 29.1 Å². The van der Waals surface area contributed by atoms with Gasteiger partial charge in [-0.1, -0.05) is 18.2 Å². The normalized spacial score (nSPS) is 25.0. The summed E-state index contributed by atoms with van der Waals surface area (Å²) in [6.45, 7) is 1.96. The smallest absolute Gasteiger partial charge is 0.169 e. The third kappa shape index (κ3) is 2.41. The van der Waals surface area contributed by atoms with E-state index in [0.717, 1.165) is 50.3 Å². The Labute approximate surface area is 137 Å². The molecule has 22 heavy (non-hydrogen) atoms. The first kappa shape index (κ1) is 14.7. The molecule has 0 radical (unpaired) electrons. The molecule has 1 aliphatic heterocycles. The van der Waals surface area contributed by atoms with Crippen molar-refractivity contribution in [3.63, 3.8) is 0 Å². The molecular weight excluding hydrogens is 294 g/mol. The maximum absolute atomic E-state index is 13.0. The summed E-state index contributed by atoms with van der Waals surface area (Å²) in [4.78, 5) is 13.0. The summed E-state index contributed by atoms with van der Waals surface area (Å²) in [5.74, 6) is 2.35. The Bertz CT molecular complexity index is 587. The summed E-state index contributed by atoms with van der Waals surface area (Å²) in [6, 6.07) is 6.55. The van der Waals surface area contributed by atoms with Crippen LogP contribution in [0.2, 0.25) is 0 Å². The largest absolute Gasteiger partial charge is 0.317 e. The zero-order valence-electron chi connectivity index (χ0n) is 13.0. The summed E-state index contributed by atoms with van der Waals surface area (Å²) in [6.07, 6.45) is 6.69. The van der Waals surface area contributed by atoms with Gasteiger partial charge in [-0.05, 0) is 68.7 Å². The molecule has 1 atom stereocenters. The van der Waals surface area contributed by atoms with Crippen LogP contribution in [0.5, 0.6) is 0 Å². The Morgan fingerprint density at radius 2 is 2.00 bits per heavy atom. The second-order valence-electron chi connectivity index (χ2n) is 7.37. The molecule has 1 spiro atoms. The highest BCUT2D eigenvalue weighted by atomic mass is 35.5. The van der Waals surface area contributed by atoms with Crippen LogP contribution in [-0.2, 0) is 6.42 Å². The number of piperidine rings is 1. The molecule has 2 nitrogen and oxygen atoms in total. The average molecular weight is 318 g/mol. The van der Waals surface area contributed by atoms with Gasteiger partial charge in [0.05, 0.1) is 0 Å². The predicted molar refractivity (Wildman–Crippen MR) is 89.8 cm³/mol. The number of halogens is 1. The molecule has 1 aromatic carbocycles. The van der Waals surface area contributed by atoms with Gasteiger partial charge in [-0.3, -0.25) is 4.79 Å². The fraction of sp³-hybridized carbons (Fsp3) is 0.632. The number of fused-ring (bicyclic) bond motifs is 1. The first-order chi connectivity index (χ1) is 10.7. The van der Waals surface area contributed by atoms with Crippen molar-refractivity contribution in [3.8, 4) is 0 Å². The first-order valence-corrected chi connectivity index (χ1v) is 9.21. The fourth-order valence-electron chi connectivity index (χ4n) is 4.41. The van der Waals surface area contributed by atoms with Crippen molar-refractivity contribution >= 4 is 17.4 Å². The van der Waals surface area contributed by atoms with Crippen LogP contribution in [0.4, 0.5) is 0 Å². The molecule has 1 heterocycles. The van der Waals surface area contributed by atoms with Gasteiger partial charge in [0.1, 0.15) is 0 Å². The average Bonchev–Trinajstić information content (AvgIpc) is 3.38. The number of carbonyl (C=O) groups is 1. The van der Waals surface area contributed by atoms with Crippen LogP contribution in [0, 0.1) is 11.3 Å². The van der Waals surface area contributed by atoms with Crippen LogP contribution < -0.4 is 5.32 Å². The van der Waals surface area contributed by atoms with Crippen molar-refractivity contribution in [1.29, 1.82) is 0 Å². The van der Waals surface area contributed by atoms with Crippen molar-refractivity contribution < 1.29 is 4.79 Å². The highest BCUT2D eigenvalue weighted by Gasteiger charge is 2.43. The quantitative estimate of drug-likeness (QED) is 0.856. The second-order valence-corrected chi connectivity index (χ2v) is 7.68. The van der Waals surface area contributed by atoms with Crippen LogP contribution in [0.3, 0.4) is 0 Å².